The summed E-state index contributed by atoms with van der Waals surface area (Å²) in [5, 5.41) is 2.70. The normalized spacial score (nSPS) is 11.5. The Hall–Kier alpha value is -1.97. The maximum Gasteiger partial charge on any atom is 0.407 e. The number of ether oxygens (including phenoxy) is 2. The van der Waals surface area contributed by atoms with Gasteiger partial charge in [0.25, 0.3) is 0 Å². The van der Waals surface area contributed by atoms with Crippen LogP contribution in [0.1, 0.15) is 65.4 Å². The fourth-order valence-electron chi connectivity index (χ4n) is 2.22. The van der Waals surface area contributed by atoms with E-state index in [0.29, 0.717) is 6.54 Å². The smallest absolute Gasteiger partial charge is 0.407 e. The second kappa shape index (κ2) is 11.6. The van der Waals surface area contributed by atoms with Crippen molar-refractivity contribution in [2.75, 3.05) is 13.2 Å². The molecule has 1 aromatic carbocycles. The van der Waals surface area contributed by atoms with E-state index in [1.165, 1.54) is 25.7 Å². The van der Waals surface area contributed by atoms with Gasteiger partial charge in [0.15, 0.2) is 0 Å². The Balaban J connectivity index is 2.24. The summed E-state index contributed by atoms with van der Waals surface area (Å²) < 4.78 is 10.9. The van der Waals surface area contributed by atoms with Crippen LogP contribution in [0.2, 0.25) is 0 Å². The zero-order valence-electron chi connectivity index (χ0n) is 16.1. The average molecular weight is 347 g/mol. The molecule has 0 unspecified atom stereocenters. The van der Waals surface area contributed by atoms with Crippen LogP contribution in [0.15, 0.2) is 30.3 Å². The molecule has 25 heavy (non-hydrogen) atoms. The molecule has 4 nitrogen and oxygen atoms in total. The molecule has 0 heterocycles. The van der Waals surface area contributed by atoms with Gasteiger partial charge in [-0.1, -0.05) is 56.9 Å². The molecular weight excluding hydrogens is 314 g/mol. The van der Waals surface area contributed by atoms with Gasteiger partial charge in [0.05, 0.1) is 6.61 Å². The molecule has 0 bridgehead atoms. The maximum atomic E-state index is 11.5. The van der Waals surface area contributed by atoms with Crippen molar-refractivity contribution in [2.45, 2.75) is 65.4 Å². The third-order valence-corrected chi connectivity index (χ3v) is 3.47. The summed E-state index contributed by atoms with van der Waals surface area (Å²) in [6.45, 7) is 8.97. The molecule has 0 radical (unpaired) electrons. The first kappa shape index (κ1) is 21.1. The quantitative estimate of drug-likeness (QED) is 0.563. The standard InChI is InChI=1S/C21H33NO3/c1-5-6-7-8-9-17-24-19-14-12-18(13-15-19)11-10-16-22-20(23)25-21(2,3)4/h10-15H,5-9,16-17H2,1-4H3,(H,22,23). The van der Waals surface area contributed by atoms with Crippen molar-refractivity contribution in [1.29, 1.82) is 0 Å². The molecule has 0 aliphatic carbocycles. The van der Waals surface area contributed by atoms with Crippen LogP contribution in [0.5, 0.6) is 5.75 Å². The molecule has 0 atom stereocenters. The van der Waals surface area contributed by atoms with Gasteiger partial charge in [-0.15, -0.1) is 0 Å². The largest absolute Gasteiger partial charge is 0.494 e. The van der Waals surface area contributed by atoms with E-state index in [-0.39, 0.29) is 0 Å². The molecule has 1 aromatic rings. The van der Waals surface area contributed by atoms with E-state index in [9.17, 15) is 4.79 Å². The summed E-state index contributed by atoms with van der Waals surface area (Å²) in [5.41, 5.74) is 0.598. The minimum atomic E-state index is -0.473. The number of nitrogens with one attached hydrogen (secondary N) is 1. The highest BCUT2D eigenvalue weighted by molar-refractivity contribution is 5.68. The highest BCUT2D eigenvalue weighted by Gasteiger charge is 2.14. The molecule has 0 aliphatic rings. The highest BCUT2D eigenvalue weighted by atomic mass is 16.6. The number of carbonyl (C=O) groups excluding carboxylic acids is 1. The first-order valence-electron chi connectivity index (χ1n) is 9.27. The van der Waals surface area contributed by atoms with E-state index < -0.39 is 11.7 Å². The molecule has 4 heteroatoms. The van der Waals surface area contributed by atoms with Crippen LogP contribution in [-0.4, -0.2) is 24.8 Å². The van der Waals surface area contributed by atoms with Crippen molar-refractivity contribution < 1.29 is 14.3 Å². The van der Waals surface area contributed by atoms with Gasteiger partial charge in [-0.05, 0) is 44.9 Å². The Kier molecular flexibility index (Phi) is 9.75. The first-order chi connectivity index (χ1) is 11.9. The van der Waals surface area contributed by atoms with E-state index in [1.807, 2.05) is 57.2 Å². The predicted octanol–water partition coefficient (Wildman–Crippen LogP) is 5.57. The Morgan fingerprint density at radius 1 is 1.08 bits per heavy atom. The number of benzene rings is 1. The van der Waals surface area contributed by atoms with Gasteiger partial charge in [0.2, 0.25) is 0 Å². The molecule has 0 aliphatic heterocycles. The summed E-state index contributed by atoms with van der Waals surface area (Å²) in [6.07, 6.45) is 9.67. The average Bonchev–Trinajstić information content (AvgIpc) is 2.54. The van der Waals surface area contributed by atoms with Crippen molar-refractivity contribution in [3.05, 3.63) is 35.9 Å². The van der Waals surface area contributed by atoms with Crippen molar-refractivity contribution in [2.24, 2.45) is 0 Å². The second-order valence-electron chi connectivity index (χ2n) is 7.12. The molecule has 0 spiro atoms. The van der Waals surface area contributed by atoms with Crippen molar-refractivity contribution in [3.63, 3.8) is 0 Å². The fraction of sp³-hybridized carbons (Fsp3) is 0.571. The van der Waals surface area contributed by atoms with Crippen LogP contribution < -0.4 is 10.1 Å². The van der Waals surface area contributed by atoms with Crippen LogP contribution in [0, 0.1) is 0 Å². The lowest BCUT2D eigenvalue weighted by atomic mass is 10.2. The van der Waals surface area contributed by atoms with Gasteiger partial charge >= 0.3 is 6.09 Å². The molecule has 0 saturated carbocycles. The second-order valence-corrected chi connectivity index (χ2v) is 7.12. The van der Waals surface area contributed by atoms with Gasteiger partial charge in [-0.25, -0.2) is 4.79 Å². The molecule has 1 rings (SSSR count). The van der Waals surface area contributed by atoms with Crippen LogP contribution in [0.4, 0.5) is 4.79 Å². The molecule has 0 aromatic heterocycles. The van der Waals surface area contributed by atoms with Gasteiger partial charge in [-0.2, -0.15) is 0 Å². The number of unbranched alkanes of at least 4 members (excludes halogenated alkanes) is 4. The molecule has 1 amide bonds. The van der Waals surface area contributed by atoms with Crippen LogP contribution >= 0.6 is 0 Å². The Morgan fingerprint density at radius 2 is 1.76 bits per heavy atom. The highest BCUT2D eigenvalue weighted by Crippen LogP contribution is 2.14. The molecule has 140 valence electrons. The fourth-order valence-corrected chi connectivity index (χ4v) is 2.22. The summed E-state index contributed by atoms with van der Waals surface area (Å²) in [6, 6.07) is 7.98. The van der Waals surface area contributed by atoms with Crippen LogP contribution in [0.3, 0.4) is 0 Å². The SMILES string of the molecule is CCCCCCCOc1ccc(C=CCNC(=O)OC(C)(C)C)cc1. The molecular formula is C21H33NO3. The monoisotopic (exact) mass is 347 g/mol. The number of amides is 1. The van der Waals surface area contributed by atoms with E-state index in [0.717, 1.165) is 24.3 Å². The third-order valence-electron chi connectivity index (χ3n) is 3.47. The Bertz CT molecular complexity index is 515. The Labute approximate surface area is 152 Å². The maximum absolute atomic E-state index is 11.5. The number of hydrogen-bond acceptors (Lipinski definition) is 3. The summed E-state index contributed by atoms with van der Waals surface area (Å²) in [7, 11) is 0. The van der Waals surface area contributed by atoms with Crippen molar-refractivity contribution >= 4 is 12.2 Å². The van der Waals surface area contributed by atoms with E-state index in [2.05, 4.69) is 12.2 Å². The zero-order valence-corrected chi connectivity index (χ0v) is 16.1. The van der Waals surface area contributed by atoms with Gasteiger partial charge in [0, 0.05) is 6.54 Å². The first-order valence-corrected chi connectivity index (χ1v) is 9.27. The number of hydrogen-bond donors (Lipinski definition) is 1. The van der Waals surface area contributed by atoms with Gasteiger partial charge in [-0.3, -0.25) is 0 Å². The summed E-state index contributed by atoms with van der Waals surface area (Å²) in [5.74, 6) is 0.902. The number of carbonyl (C=O) groups is 1. The zero-order chi connectivity index (χ0) is 18.5. The van der Waals surface area contributed by atoms with E-state index >= 15 is 0 Å². The van der Waals surface area contributed by atoms with E-state index in [4.69, 9.17) is 9.47 Å². The Morgan fingerprint density at radius 3 is 2.40 bits per heavy atom. The molecule has 1 N–H and O–H groups in total. The van der Waals surface area contributed by atoms with Crippen molar-refractivity contribution in [1.82, 2.24) is 5.32 Å². The van der Waals surface area contributed by atoms with Crippen LogP contribution in [0.25, 0.3) is 6.08 Å². The number of rotatable bonds is 10. The van der Waals surface area contributed by atoms with E-state index in [1.54, 1.807) is 0 Å². The molecule has 0 fully saturated rings. The lowest BCUT2D eigenvalue weighted by Crippen LogP contribution is -2.32. The topological polar surface area (TPSA) is 47.6 Å². The van der Waals surface area contributed by atoms with Gasteiger partial charge in [0.1, 0.15) is 11.4 Å². The summed E-state index contributed by atoms with van der Waals surface area (Å²) in [4.78, 5) is 11.5. The lowest BCUT2D eigenvalue weighted by Gasteiger charge is -2.19. The lowest BCUT2D eigenvalue weighted by molar-refractivity contribution is 0.0534. The predicted molar refractivity (Wildman–Crippen MR) is 104 cm³/mol. The number of alkyl carbamates (subject to hydrolysis) is 1. The van der Waals surface area contributed by atoms with Gasteiger partial charge < -0.3 is 14.8 Å². The summed E-state index contributed by atoms with van der Waals surface area (Å²) >= 11 is 0. The minimum Gasteiger partial charge on any atom is -0.494 e. The molecule has 0 saturated heterocycles. The third kappa shape index (κ3) is 11.2. The van der Waals surface area contributed by atoms with Crippen LogP contribution in [-0.2, 0) is 4.74 Å². The van der Waals surface area contributed by atoms with Crippen molar-refractivity contribution in [3.8, 4) is 5.75 Å². The minimum absolute atomic E-state index is 0.403.